The first-order valence-corrected chi connectivity index (χ1v) is 8.55. The van der Waals surface area contributed by atoms with Crippen LogP contribution < -0.4 is 0 Å². The van der Waals surface area contributed by atoms with Crippen molar-refractivity contribution in [1.29, 1.82) is 0 Å². The van der Waals surface area contributed by atoms with Gasteiger partial charge in [0.25, 0.3) is 0 Å². The summed E-state index contributed by atoms with van der Waals surface area (Å²) in [6.45, 7) is 11.1. The number of carboxylic acids is 1. The quantitative estimate of drug-likeness (QED) is 0.710. The van der Waals surface area contributed by atoms with Gasteiger partial charge in [0.05, 0.1) is 6.54 Å². The van der Waals surface area contributed by atoms with Gasteiger partial charge in [0.2, 0.25) is 5.91 Å². The zero-order valence-electron chi connectivity index (χ0n) is 14.5. The first-order valence-electron chi connectivity index (χ1n) is 8.55. The molecule has 1 aliphatic rings. The van der Waals surface area contributed by atoms with Crippen molar-refractivity contribution in [2.75, 3.05) is 26.2 Å². The van der Waals surface area contributed by atoms with Crippen LogP contribution in [0, 0.1) is 11.8 Å². The number of carbonyl (C=O) groups excluding carboxylic acids is 1. The molecule has 1 N–H and O–H groups in total. The highest BCUT2D eigenvalue weighted by Crippen LogP contribution is 2.17. The topological polar surface area (TPSA) is 60.9 Å². The van der Waals surface area contributed by atoms with Gasteiger partial charge in [-0.15, -0.1) is 0 Å². The molecule has 5 heteroatoms. The van der Waals surface area contributed by atoms with Crippen LogP contribution in [0.3, 0.4) is 0 Å². The molecule has 0 spiro atoms. The minimum Gasteiger partial charge on any atom is -0.480 e. The summed E-state index contributed by atoms with van der Waals surface area (Å²) >= 11 is 0. The lowest BCUT2D eigenvalue weighted by Gasteiger charge is -2.28. The Labute approximate surface area is 134 Å². The van der Waals surface area contributed by atoms with E-state index in [0.29, 0.717) is 24.8 Å². The summed E-state index contributed by atoms with van der Waals surface area (Å²) in [5.74, 6) is 0.400. The minimum absolute atomic E-state index is 0.0782. The number of likely N-dealkylation sites (tertiary alicyclic amines) is 1. The summed E-state index contributed by atoms with van der Waals surface area (Å²) in [4.78, 5) is 27.6. The molecule has 1 saturated heterocycles. The van der Waals surface area contributed by atoms with E-state index in [1.54, 1.807) is 0 Å². The van der Waals surface area contributed by atoms with Gasteiger partial charge in [-0.25, -0.2) is 0 Å². The van der Waals surface area contributed by atoms with Gasteiger partial charge >= 0.3 is 5.97 Å². The molecule has 1 amide bonds. The summed E-state index contributed by atoms with van der Waals surface area (Å²) in [5.41, 5.74) is 0. The fourth-order valence-corrected chi connectivity index (χ4v) is 2.76. The Morgan fingerprint density at radius 3 is 2.14 bits per heavy atom. The lowest BCUT2D eigenvalue weighted by Crippen LogP contribution is -2.45. The Hall–Kier alpha value is -1.10. The molecule has 0 aromatic carbocycles. The first kappa shape index (κ1) is 18.9. The van der Waals surface area contributed by atoms with Crippen LogP contribution in [0.1, 0.15) is 53.4 Å². The standard InChI is InChI=1S/C17H32N2O3/c1-13(2)7-10-18(11-8-14(3)4)16(20)12-19-9-5-6-15(19)17(21)22/h13-15H,5-12H2,1-4H3,(H,21,22)/t15-/m1/s1. The summed E-state index contributed by atoms with van der Waals surface area (Å²) in [5, 5.41) is 9.22. The van der Waals surface area contributed by atoms with Crippen LogP contribution in [0.25, 0.3) is 0 Å². The highest BCUT2D eigenvalue weighted by Gasteiger charge is 2.32. The molecule has 1 atom stereocenters. The second-order valence-electron chi connectivity index (χ2n) is 7.21. The number of amides is 1. The van der Waals surface area contributed by atoms with E-state index < -0.39 is 12.0 Å². The fraction of sp³-hybridized carbons (Fsp3) is 0.882. The molecule has 0 unspecified atom stereocenters. The predicted octanol–water partition coefficient (Wildman–Crippen LogP) is 2.46. The van der Waals surface area contributed by atoms with Gasteiger partial charge in [-0.2, -0.15) is 0 Å². The van der Waals surface area contributed by atoms with Gasteiger partial charge in [-0.05, 0) is 44.1 Å². The van der Waals surface area contributed by atoms with Crippen molar-refractivity contribution < 1.29 is 14.7 Å². The maximum absolute atomic E-state index is 12.6. The Kier molecular flexibility index (Phi) is 7.87. The van der Waals surface area contributed by atoms with Crippen molar-refractivity contribution in [2.45, 2.75) is 59.4 Å². The Morgan fingerprint density at radius 2 is 1.68 bits per heavy atom. The van der Waals surface area contributed by atoms with Crippen LogP contribution in [0.5, 0.6) is 0 Å². The molecule has 0 radical (unpaired) electrons. The number of carbonyl (C=O) groups is 2. The highest BCUT2D eigenvalue weighted by atomic mass is 16.4. The SMILES string of the molecule is CC(C)CCN(CCC(C)C)C(=O)CN1CCC[C@@H]1C(=O)O. The van der Waals surface area contributed by atoms with E-state index >= 15 is 0 Å². The van der Waals surface area contributed by atoms with Crippen LogP contribution in [-0.4, -0.2) is 59.0 Å². The van der Waals surface area contributed by atoms with Crippen molar-refractivity contribution in [3.63, 3.8) is 0 Å². The van der Waals surface area contributed by atoms with Crippen LogP contribution in [0.2, 0.25) is 0 Å². The number of aliphatic carboxylic acids is 1. The molecule has 1 heterocycles. The van der Waals surface area contributed by atoms with E-state index in [1.165, 1.54) is 0 Å². The predicted molar refractivity (Wildman–Crippen MR) is 87.7 cm³/mol. The van der Waals surface area contributed by atoms with Gasteiger partial charge in [0.1, 0.15) is 6.04 Å². The van der Waals surface area contributed by atoms with Crippen molar-refractivity contribution in [3.8, 4) is 0 Å². The van der Waals surface area contributed by atoms with Gasteiger partial charge < -0.3 is 10.0 Å². The smallest absolute Gasteiger partial charge is 0.320 e. The lowest BCUT2D eigenvalue weighted by molar-refractivity contribution is -0.143. The summed E-state index contributed by atoms with van der Waals surface area (Å²) in [7, 11) is 0. The molecule has 22 heavy (non-hydrogen) atoms. The highest BCUT2D eigenvalue weighted by molar-refractivity contribution is 5.80. The molecule has 5 nitrogen and oxygen atoms in total. The van der Waals surface area contributed by atoms with E-state index in [-0.39, 0.29) is 12.5 Å². The third-order valence-corrected chi connectivity index (χ3v) is 4.29. The third kappa shape index (κ3) is 6.34. The minimum atomic E-state index is -0.804. The molecule has 0 saturated carbocycles. The van der Waals surface area contributed by atoms with Crippen molar-refractivity contribution >= 4 is 11.9 Å². The maximum atomic E-state index is 12.6. The molecule has 1 fully saturated rings. The van der Waals surface area contributed by atoms with E-state index in [4.69, 9.17) is 0 Å². The molecular formula is C17H32N2O3. The summed E-state index contributed by atoms with van der Waals surface area (Å²) < 4.78 is 0. The van der Waals surface area contributed by atoms with Crippen molar-refractivity contribution in [1.82, 2.24) is 9.80 Å². The average Bonchev–Trinajstić information content (AvgIpc) is 2.86. The van der Waals surface area contributed by atoms with Gasteiger partial charge in [0.15, 0.2) is 0 Å². The van der Waals surface area contributed by atoms with Crippen LogP contribution in [0.4, 0.5) is 0 Å². The van der Waals surface area contributed by atoms with E-state index in [1.807, 2.05) is 9.80 Å². The maximum Gasteiger partial charge on any atom is 0.320 e. The monoisotopic (exact) mass is 312 g/mol. The number of carboxylic acid groups (broad SMARTS) is 1. The number of nitrogens with zero attached hydrogens (tertiary/aromatic N) is 2. The van der Waals surface area contributed by atoms with Crippen LogP contribution in [0.15, 0.2) is 0 Å². The third-order valence-electron chi connectivity index (χ3n) is 4.29. The summed E-state index contributed by atoms with van der Waals surface area (Å²) in [6.07, 6.45) is 3.50. The van der Waals surface area contributed by atoms with E-state index in [2.05, 4.69) is 27.7 Å². The molecule has 128 valence electrons. The largest absolute Gasteiger partial charge is 0.480 e. The molecule has 1 aliphatic heterocycles. The lowest BCUT2D eigenvalue weighted by atomic mass is 10.1. The Balaban J connectivity index is 2.59. The van der Waals surface area contributed by atoms with E-state index in [0.717, 1.165) is 32.4 Å². The Bertz CT molecular complexity index is 357. The van der Waals surface area contributed by atoms with Gasteiger partial charge in [-0.3, -0.25) is 14.5 Å². The molecular weight excluding hydrogens is 280 g/mol. The van der Waals surface area contributed by atoms with Crippen molar-refractivity contribution in [3.05, 3.63) is 0 Å². The van der Waals surface area contributed by atoms with Crippen molar-refractivity contribution in [2.24, 2.45) is 11.8 Å². The molecule has 1 rings (SSSR count). The first-order chi connectivity index (χ1) is 10.3. The number of hydrogen-bond acceptors (Lipinski definition) is 3. The van der Waals surface area contributed by atoms with Gasteiger partial charge in [-0.1, -0.05) is 27.7 Å². The summed E-state index contributed by atoms with van der Waals surface area (Å²) in [6, 6.07) is -0.485. The molecule has 0 aromatic rings. The van der Waals surface area contributed by atoms with Gasteiger partial charge in [0, 0.05) is 13.1 Å². The zero-order valence-corrected chi connectivity index (χ0v) is 14.5. The van der Waals surface area contributed by atoms with Crippen LogP contribution in [-0.2, 0) is 9.59 Å². The Morgan fingerprint density at radius 1 is 1.14 bits per heavy atom. The van der Waals surface area contributed by atoms with E-state index in [9.17, 15) is 14.7 Å². The molecule has 0 aliphatic carbocycles. The number of hydrogen-bond donors (Lipinski definition) is 1. The normalized spacial score (nSPS) is 19.1. The second-order valence-corrected chi connectivity index (χ2v) is 7.21. The fourth-order valence-electron chi connectivity index (χ4n) is 2.76. The average molecular weight is 312 g/mol. The van der Waals surface area contributed by atoms with Crippen LogP contribution >= 0.6 is 0 Å². The molecule has 0 aromatic heterocycles. The molecule has 0 bridgehead atoms. The second kappa shape index (κ2) is 9.13. The zero-order chi connectivity index (χ0) is 16.7. The number of rotatable bonds is 9.